The first-order chi connectivity index (χ1) is 20.6. The van der Waals surface area contributed by atoms with Crippen LogP contribution in [0.15, 0.2) is 78.9 Å². The number of amides is 3. The van der Waals surface area contributed by atoms with E-state index in [9.17, 15) is 24.3 Å². The number of carboxylic acids is 1. The van der Waals surface area contributed by atoms with E-state index in [-0.39, 0.29) is 43.7 Å². The van der Waals surface area contributed by atoms with E-state index in [0.717, 1.165) is 27.8 Å². The quantitative estimate of drug-likeness (QED) is 0.322. The van der Waals surface area contributed by atoms with Gasteiger partial charge in [0.05, 0.1) is 0 Å². The minimum atomic E-state index is -1.10. The third-order valence-electron chi connectivity index (χ3n) is 8.00. The van der Waals surface area contributed by atoms with Gasteiger partial charge in [0.2, 0.25) is 11.8 Å². The normalized spacial score (nSPS) is 13.4. The highest BCUT2D eigenvalue weighted by atomic mass is 16.5. The molecule has 0 aromatic heterocycles. The maximum atomic E-state index is 13.3. The lowest BCUT2D eigenvalue weighted by molar-refractivity contribution is -0.149. The number of carbonyl (C=O) groups excluding carboxylic acids is 3. The summed E-state index contributed by atoms with van der Waals surface area (Å²) in [6.45, 7) is 3.83. The average molecular weight is 586 g/mol. The molecule has 0 aliphatic heterocycles. The molecule has 3 aromatic rings. The monoisotopic (exact) mass is 585 g/mol. The molecule has 43 heavy (non-hydrogen) atoms. The minimum absolute atomic E-state index is 0.0624. The highest BCUT2D eigenvalue weighted by Crippen LogP contribution is 2.44. The molecule has 3 aromatic carbocycles. The van der Waals surface area contributed by atoms with Crippen LogP contribution in [0.3, 0.4) is 0 Å². The van der Waals surface area contributed by atoms with Gasteiger partial charge in [0.15, 0.2) is 0 Å². The van der Waals surface area contributed by atoms with E-state index in [1.165, 1.54) is 16.8 Å². The van der Waals surface area contributed by atoms with Crippen molar-refractivity contribution in [3.63, 3.8) is 0 Å². The fraction of sp³-hybridized carbons (Fsp3) is 0.353. The number of rotatable bonds is 12. The first kappa shape index (κ1) is 31.3. The Morgan fingerprint density at radius 3 is 1.98 bits per heavy atom. The second-order valence-corrected chi connectivity index (χ2v) is 11.2. The van der Waals surface area contributed by atoms with Gasteiger partial charge in [0.1, 0.15) is 18.7 Å². The Morgan fingerprint density at radius 2 is 1.42 bits per heavy atom. The number of hydrogen-bond acceptors (Lipinski definition) is 5. The molecule has 0 spiro atoms. The largest absolute Gasteiger partial charge is 0.480 e. The standard InChI is InChI=1S/C34H39N3O6/c1-22(2)31(35-34(42)43-21-28-26-16-10-8-14-24(26)25-15-9-11-17-27(25)28)32(39)36(3)19-18-30(38)37(4)29(33(40)41)20-23-12-6-5-7-13-23/h5-17,22,28-29,31H,18-21H2,1-4H3,(H,35,42)(H,40,41)/t29-,31-/m0/s1. The lowest BCUT2D eigenvalue weighted by Gasteiger charge is -2.28. The predicted molar refractivity (Wildman–Crippen MR) is 163 cm³/mol. The van der Waals surface area contributed by atoms with Crippen LogP contribution in [0.25, 0.3) is 11.1 Å². The highest BCUT2D eigenvalue weighted by Gasteiger charge is 2.32. The van der Waals surface area contributed by atoms with Crippen LogP contribution in [0.2, 0.25) is 0 Å². The summed E-state index contributed by atoms with van der Waals surface area (Å²) in [6, 6.07) is 23.3. The van der Waals surface area contributed by atoms with Crippen LogP contribution >= 0.6 is 0 Å². The number of likely N-dealkylation sites (N-methyl/N-ethyl adjacent to an activating group) is 2. The summed E-state index contributed by atoms with van der Waals surface area (Å²) in [5, 5.41) is 12.5. The van der Waals surface area contributed by atoms with Gasteiger partial charge < -0.3 is 25.0 Å². The molecular formula is C34H39N3O6. The molecule has 0 saturated carbocycles. The van der Waals surface area contributed by atoms with E-state index in [1.807, 2.05) is 80.6 Å². The number of carboxylic acid groups (broad SMARTS) is 1. The van der Waals surface area contributed by atoms with Crippen molar-refractivity contribution in [1.29, 1.82) is 0 Å². The van der Waals surface area contributed by atoms with Crippen molar-refractivity contribution in [2.75, 3.05) is 27.2 Å². The minimum Gasteiger partial charge on any atom is -0.480 e. The molecule has 2 atom stereocenters. The van der Waals surface area contributed by atoms with Gasteiger partial charge in [-0.1, -0.05) is 92.7 Å². The summed E-state index contributed by atoms with van der Waals surface area (Å²) in [6.07, 6.45) is -0.581. The Hall–Kier alpha value is -4.66. The van der Waals surface area contributed by atoms with E-state index in [1.54, 1.807) is 7.05 Å². The lowest BCUT2D eigenvalue weighted by Crippen LogP contribution is -2.51. The van der Waals surface area contributed by atoms with Crippen LogP contribution in [0.1, 0.15) is 42.9 Å². The van der Waals surface area contributed by atoms with Crippen molar-refractivity contribution in [3.8, 4) is 11.1 Å². The van der Waals surface area contributed by atoms with Crippen molar-refractivity contribution in [2.45, 2.75) is 44.7 Å². The summed E-state index contributed by atoms with van der Waals surface area (Å²) >= 11 is 0. The molecule has 0 heterocycles. The molecule has 0 bridgehead atoms. The second kappa shape index (κ2) is 14.0. The molecule has 0 unspecified atom stereocenters. The number of fused-ring (bicyclic) bond motifs is 3. The first-order valence-electron chi connectivity index (χ1n) is 14.5. The third kappa shape index (κ3) is 7.41. The van der Waals surface area contributed by atoms with Gasteiger partial charge in [-0.15, -0.1) is 0 Å². The van der Waals surface area contributed by atoms with E-state index < -0.39 is 30.1 Å². The number of benzene rings is 3. The zero-order valence-electron chi connectivity index (χ0n) is 25.0. The molecular weight excluding hydrogens is 546 g/mol. The van der Waals surface area contributed by atoms with Crippen LogP contribution in [-0.4, -0.2) is 78.1 Å². The number of nitrogens with zero attached hydrogens (tertiary/aromatic N) is 2. The molecule has 9 nitrogen and oxygen atoms in total. The van der Waals surface area contributed by atoms with Gasteiger partial charge in [0.25, 0.3) is 0 Å². The maximum absolute atomic E-state index is 13.3. The van der Waals surface area contributed by atoms with Gasteiger partial charge in [-0.25, -0.2) is 9.59 Å². The molecule has 0 radical (unpaired) electrons. The first-order valence-corrected chi connectivity index (χ1v) is 14.5. The van der Waals surface area contributed by atoms with Crippen molar-refractivity contribution < 1.29 is 29.0 Å². The van der Waals surface area contributed by atoms with Crippen LogP contribution < -0.4 is 5.32 Å². The van der Waals surface area contributed by atoms with Gasteiger partial charge >= 0.3 is 12.1 Å². The van der Waals surface area contributed by atoms with Gasteiger partial charge in [-0.2, -0.15) is 0 Å². The summed E-state index contributed by atoms with van der Waals surface area (Å²) in [4.78, 5) is 53.6. The Balaban J connectivity index is 1.32. The Morgan fingerprint density at radius 1 is 0.860 bits per heavy atom. The summed E-state index contributed by atoms with van der Waals surface area (Å²) < 4.78 is 5.64. The van der Waals surface area contributed by atoms with Gasteiger partial charge in [-0.3, -0.25) is 9.59 Å². The number of aliphatic carboxylic acids is 1. The Bertz CT molecular complexity index is 1410. The molecule has 4 rings (SSSR count). The highest BCUT2D eigenvalue weighted by molar-refractivity contribution is 5.87. The second-order valence-electron chi connectivity index (χ2n) is 11.2. The number of carbonyl (C=O) groups is 4. The number of ether oxygens (including phenoxy) is 1. The molecule has 0 saturated heterocycles. The van der Waals surface area contributed by atoms with Crippen LogP contribution in [0, 0.1) is 5.92 Å². The lowest BCUT2D eigenvalue weighted by atomic mass is 9.98. The van der Waals surface area contributed by atoms with Crippen LogP contribution in [-0.2, 0) is 25.5 Å². The van der Waals surface area contributed by atoms with Crippen LogP contribution in [0.4, 0.5) is 4.79 Å². The number of hydrogen-bond donors (Lipinski definition) is 2. The van der Waals surface area contributed by atoms with Crippen molar-refractivity contribution in [1.82, 2.24) is 15.1 Å². The van der Waals surface area contributed by atoms with E-state index >= 15 is 0 Å². The third-order valence-corrected chi connectivity index (χ3v) is 8.00. The summed E-state index contributed by atoms with van der Waals surface area (Å²) in [5.74, 6) is -2.20. The Kier molecular flexibility index (Phi) is 10.2. The van der Waals surface area contributed by atoms with Crippen LogP contribution in [0.5, 0.6) is 0 Å². The fourth-order valence-corrected chi connectivity index (χ4v) is 5.47. The maximum Gasteiger partial charge on any atom is 0.407 e. The zero-order chi connectivity index (χ0) is 31.1. The van der Waals surface area contributed by atoms with Crippen molar-refractivity contribution in [2.24, 2.45) is 5.92 Å². The molecule has 2 N–H and O–H groups in total. The van der Waals surface area contributed by atoms with Gasteiger partial charge in [-0.05, 0) is 33.7 Å². The number of alkyl carbamates (subject to hydrolysis) is 1. The predicted octanol–water partition coefficient (Wildman–Crippen LogP) is 4.55. The molecule has 9 heteroatoms. The zero-order valence-corrected chi connectivity index (χ0v) is 25.0. The SMILES string of the molecule is CC(C)[C@H](NC(=O)OCC1c2ccccc2-c2ccccc21)C(=O)N(C)CCC(=O)N(C)[C@@H](Cc1ccccc1)C(=O)O. The molecule has 226 valence electrons. The number of nitrogens with one attached hydrogen (secondary N) is 1. The van der Waals surface area contributed by atoms with Crippen molar-refractivity contribution in [3.05, 3.63) is 95.6 Å². The van der Waals surface area contributed by atoms with E-state index in [0.29, 0.717) is 0 Å². The Labute approximate surface area is 252 Å². The summed E-state index contributed by atoms with van der Waals surface area (Å²) in [7, 11) is 3.02. The topological polar surface area (TPSA) is 116 Å². The smallest absolute Gasteiger partial charge is 0.407 e. The summed E-state index contributed by atoms with van der Waals surface area (Å²) in [5.41, 5.74) is 5.24. The van der Waals surface area contributed by atoms with E-state index in [4.69, 9.17) is 4.74 Å². The molecule has 1 aliphatic carbocycles. The molecule has 0 fully saturated rings. The molecule has 3 amide bonds. The van der Waals surface area contributed by atoms with E-state index in [2.05, 4.69) is 17.4 Å². The molecule has 1 aliphatic rings. The average Bonchev–Trinajstić information content (AvgIpc) is 3.33. The van der Waals surface area contributed by atoms with Crippen molar-refractivity contribution >= 4 is 23.9 Å². The van der Waals surface area contributed by atoms with Gasteiger partial charge in [0, 0.05) is 39.4 Å². The fourth-order valence-electron chi connectivity index (χ4n) is 5.47.